The summed E-state index contributed by atoms with van der Waals surface area (Å²) in [7, 11) is 1.87. The Morgan fingerprint density at radius 1 is 1.45 bits per heavy atom. The molecule has 6 heteroatoms. The first-order valence-corrected chi connectivity index (χ1v) is 8.04. The molecule has 0 bridgehead atoms. The fraction of sp³-hybridized carbons (Fsp3) is 0.375. The Bertz CT molecular complexity index is 711. The summed E-state index contributed by atoms with van der Waals surface area (Å²) >= 11 is 12.3. The Morgan fingerprint density at radius 2 is 2.27 bits per heavy atom. The van der Waals surface area contributed by atoms with Crippen molar-refractivity contribution in [3.63, 3.8) is 0 Å². The van der Waals surface area contributed by atoms with E-state index >= 15 is 0 Å². The minimum Gasteiger partial charge on any atom is -0.349 e. The summed E-state index contributed by atoms with van der Waals surface area (Å²) in [6, 6.07) is 3.79. The smallest absolute Gasteiger partial charge is 0.220 e. The lowest BCUT2D eigenvalue weighted by atomic mass is 10.1. The van der Waals surface area contributed by atoms with Gasteiger partial charge < -0.3 is 5.32 Å². The Balaban J connectivity index is 1.61. The van der Waals surface area contributed by atoms with E-state index < -0.39 is 0 Å². The average Bonchev–Trinajstić information content (AvgIpc) is 3.08. The molecule has 116 valence electrons. The Labute approximate surface area is 139 Å². The largest absolute Gasteiger partial charge is 0.349 e. The molecule has 0 fully saturated rings. The van der Waals surface area contributed by atoms with Gasteiger partial charge in [0.15, 0.2) is 0 Å². The van der Waals surface area contributed by atoms with Crippen molar-refractivity contribution in [2.75, 3.05) is 0 Å². The van der Waals surface area contributed by atoms with Crippen LogP contribution in [0, 0.1) is 0 Å². The van der Waals surface area contributed by atoms with Gasteiger partial charge in [-0.1, -0.05) is 29.3 Å². The molecule has 0 spiro atoms. The fourth-order valence-corrected chi connectivity index (χ4v) is 3.35. The van der Waals surface area contributed by atoms with Crippen molar-refractivity contribution >= 4 is 29.1 Å². The van der Waals surface area contributed by atoms with Crippen LogP contribution < -0.4 is 5.32 Å². The number of fused-ring (bicyclic) bond motifs is 1. The van der Waals surface area contributed by atoms with Crippen molar-refractivity contribution in [1.82, 2.24) is 15.1 Å². The molecule has 2 aromatic rings. The van der Waals surface area contributed by atoms with Crippen molar-refractivity contribution in [1.29, 1.82) is 0 Å². The van der Waals surface area contributed by atoms with Gasteiger partial charge in [-0.05, 0) is 42.0 Å². The molecule has 1 aliphatic rings. The number of hydrogen-bond donors (Lipinski definition) is 1. The third kappa shape index (κ3) is 3.13. The molecule has 22 heavy (non-hydrogen) atoms. The van der Waals surface area contributed by atoms with Crippen LogP contribution in [0.25, 0.3) is 0 Å². The molecule has 4 nitrogen and oxygen atoms in total. The lowest BCUT2D eigenvalue weighted by Gasteiger charge is -2.14. The van der Waals surface area contributed by atoms with Gasteiger partial charge in [-0.15, -0.1) is 0 Å². The van der Waals surface area contributed by atoms with Gasteiger partial charge >= 0.3 is 0 Å². The minimum atomic E-state index is 0.0335. The molecule has 1 N–H and O–H groups in total. The summed E-state index contributed by atoms with van der Waals surface area (Å²) in [5.74, 6) is 0.0489. The maximum absolute atomic E-state index is 12.1. The van der Waals surface area contributed by atoms with E-state index in [1.54, 1.807) is 16.9 Å². The zero-order valence-corrected chi connectivity index (χ0v) is 13.8. The fourth-order valence-electron chi connectivity index (χ4n) is 2.91. The van der Waals surface area contributed by atoms with Crippen LogP contribution in [0.4, 0.5) is 0 Å². The summed E-state index contributed by atoms with van der Waals surface area (Å²) in [6.07, 6.45) is 6.59. The highest BCUT2D eigenvalue weighted by molar-refractivity contribution is 6.42. The highest BCUT2D eigenvalue weighted by atomic mass is 35.5. The average molecular weight is 338 g/mol. The van der Waals surface area contributed by atoms with E-state index in [2.05, 4.69) is 10.4 Å². The summed E-state index contributed by atoms with van der Waals surface area (Å²) in [6.45, 7) is 0. The van der Waals surface area contributed by atoms with Crippen LogP contribution in [0.5, 0.6) is 0 Å². The zero-order valence-electron chi connectivity index (χ0n) is 12.3. The number of rotatable bonds is 4. The Kier molecular flexibility index (Phi) is 4.41. The molecule has 0 aliphatic heterocycles. The van der Waals surface area contributed by atoms with Crippen molar-refractivity contribution < 1.29 is 4.79 Å². The lowest BCUT2D eigenvalue weighted by molar-refractivity contribution is -0.121. The van der Waals surface area contributed by atoms with E-state index in [0.29, 0.717) is 22.9 Å². The Hall–Kier alpha value is -1.52. The van der Waals surface area contributed by atoms with E-state index in [4.69, 9.17) is 23.2 Å². The predicted octanol–water partition coefficient (Wildman–Crippen LogP) is 3.46. The second-order valence-corrected chi connectivity index (χ2v) is 6.40. The van der Waals surface area contributed by atoms with Gasteiger partial charge in [0.2, 0.25) is 5.91 Å². The summed E-state index contributed by atoms with van der Waals surface area (Å²) in [5.41, 5.74) is 3.22. The highest BCUT2D eigenvalue weighted by Crippen LogP contribution is 2.39. The monoisotopic (exact) mass is 337 g/mol. The molecule has 3 rings (SSSR count). The predicted molar refractivity (Wildman–Crippen MR) is 87.2 cm³/mol. The van der Waals surface area contributed by atoms with Gasteiger partial charge in [-0.2, -0.15) is 5.10 Å². The third-order valence-electron chi connectivity index (χ3n) is 4.03. The topological polar surface area (TPSA) is 46.9 Å². The van der Waals surface area contributed by atoms with Crippen LogP contribution >= 0.6 is 23.2 Å². The van der Waals surface area contributed by atoms with Gasteiger partial charge in [0.1, 0.15) is 0 Å². The highest BCUT2D eigenvalue weighted by Gasteiger charge is 2.26. The number of nitrogens with zero attached hydrogens (tertiary/aromatic N) is 2. The molecule has 0 unspecified atom stereocenters. The quantitative estimate of drug-likeness (QED) is 0.928. The van der Waals surface area contributed by atoms with Crippen LogP contribution in [0.3, 0.4) is 0 Å². The molecule has 1 amide bonds. The number of aryl methyl sites for hydroxylation is 2. The molecule has 1 atom stereocenters. The van der Waals surface area contributed by atoms with Crippen LogP contribution in [-0.2, 0) is 24.7 Å². The maximum Gasteiger partial charge on any atom is 0.220 e. The Morgan fingerprint density at radius 3 is 3.00 bits per heavy atom. The molecule has 0 saturated heterocycles. The first kappa shape index (κ1) is 15.4. The maximum atomic E-state index is 12.1. The SMILES string of the molecule is Cn1cc(CCC(=O)N[C@@H]2CCc3c2ccc(Cl)c3Cl)cn1. The third-order valence-corrected chi connectivity index (χ3v) is 4.87. The first-order chi connectivity index (χ1) is 10.5. The first-order valence-electron chi connectivity index (χ1n) is 7.28. The molecule has 1 heterocycles. The van der Waals surface area contributed by atoms with Gasteiger partial charge in [0.25, 0.3) is 0 Å². The molecule has 1 aromatic carbocycles. The van der Waals surface area contributed by atoms with Crippen molar-refractivity contribution in [2.45, 2.75) is 31.7 Å². The van der Waals surface area contributed by atoms with Gasteiger partial charge in [0.05, 0.1) is 22.3 Å². The second-order valence-electron chi connectivity index (χ2n) is 5.61. The number of halogens is 2. The molecular formula is C16H17Cl2N3O. The van der Waals surface area contributed by atoms with Crippen molar-refractivity contribution in [2.24, 2.45) is 7.05 Å². The van der Waals surface area contributed by atoms with E-state index in [1.165, 1.54) is 0 Å². The van der Waals surface area contributed by atoms with E-state index in [-0.39, 0.29) is 11.9 Å². The standard InChI is InChI=1S/C16H17Cl2N3O/c1-21-9-10(8-19-21)2-7-15(22)20-14-6-4-12-11(14)3-5-13(17)16(12)18/h3,5,8-9,14H,2,4,6-7H2,1H3,(H,20,22)/t14-/m1/s1. The zero-order chi connectivity index (χ0) is 15.7. The number of nitrogens with one attached hydrogen (secondary N) is 1. The minimum absolute atomic E-state index is 0.0335. The van der Waals surface area contributed by atoms with Gasteiger partial charge in [0, 0.05) is 19.7 Å². The molecule has 0 radical (unpaired) electrons. The molecule has 1 aromatic heterocycles. The van der Waals surface area contributed by atoms with E-state index in [1.807, 2.05) is 19.3 Å². The molecule has 0 saturated carbocycles. The number of carbonyl (C=O) groups excluding carboxylic acids is 1. The number of carbonyl (C=O) groups is 1. The van der Waals surface area contributed by atoms with Gasteiger partial charge in [-0.3, -0.25) is 9.48 Å². The van der Waals surface area contributed by atoms with Crippen molar-refractivity contribution in [3.05, 3.63) is 51.3 Å². The van der Waals surface area contributed by atoms with Crippen LogP contribution in [0.2, 0.25) is 10.0 Å². The summed E-state index contributed by atoms with van der Waals surface area (Å²) in [5, 5.41) is 8.38. The molecular weight excluding hydrogens is 321 g/mol. The summed E-state index contributed by atoms with van der Waals surface area (Å²) in [4.78, 5) is 12.1. The van der Waals surface area contributed by atoms with Gasteiger partial charge in [-0.25, -0.2) is 0 Å². The summed E-state index contributed by atoms with van der Waals surface area (Å²) < 4.78 is 1.74. The van der Waals surface area contributed by atoms with Crippen molar-refractivity contribution in [3.8, 4) is 0 Å². The normalized spacial score (nSPS) is 16.6. The number of amides is 1. The van der Waals surface area contributed by atoms with Crippen LogP contribution in [0.15, 0.2) is 24.5 Å². The molecule has 1 aliphatic carbocycles. The van der Waals surface area contributed by atoms with E-state index in [9.17, 15) is 4.79 Å². The lowest BCUT2D eigenvalue weighted by Crippen LogP contribution is -2.27. The number of aromatic nitrogens is 2. The van der Waals surface area contributed by atoms with E-state index in [0.717, 1.165) is 29.5 Å². The number of hydrogen-bond acceptors (Lipinski definition) is 2. The number of benzene rings is 1. The van der Waals surface area contributed by atoms with Crippen LogP contribution in [-0.4, -0.2) is 15.7 Å². The second kappa shape index (κ2) is 6.31. The van der Waals surface area contributed by atoms with Crippen LogP contribution in [0.1, 0.15) is 35.6 Å².